The normalized spacial score (nSPS) is 22.6. The van der Waals surface area contributed by atoms with Crippen LogP contribution in [0.4, 0.5) is 0 Å². The van der Waals surface area contributed by atoms with Gasteiger partial charge in [-0.3, -0.25) is 9.69 Å². The first-order chi connectivity index (χ1) is 8.48. The third-order valence-corrected chi connectivity index (χ3v) is 3.92. The van der Waals surface area contributed by atoms with Crippen molar-refractivity contribution < 1.29 is 9.90 Å². The van der Waals surface area contributed by atoms with E-state index in [1.165, 1.54) is 6.42 Å². The van der Waals surface area contributed by atoms with Gasteiger partial charge in [0.2, 0.25) is 5.91 Å². The van der Waals surface area contributed by atoms with E-state index in [2.05, 4.69) is 17.1 Å². The molecule has 1 fully saturated rings. The van der Waals surface area contributed by atoms with Crippen molar-refractivity contribution in [2.75, 3.05) is 19.7 Å². The molecule has 0 radical (unpaired) electrons. The molecule has 0 bridgehead atoms. The van der Waals surface area contributed by atoms with Crippen LogP contribution in [0.5, 0.6) is 0 Å². The molecule has 1 unspecified atom stereocenters. The lowest BCUT2D eigenvalue weighted by molar-refractivity contribution is -0.124. The lowest BCUT2D eigenvalue weighted by atomic mass is 10.0. The van der Waals surface area contributed by atoms with E-state index in [4.69, 9.17) is 0 Å². The monoisotopic (exact) mass is 256 g/mol. The van der Waals surface area contributed by atoms with Gasteiger partial charge in [-0.1, -0.05) is 19.8 Å². The Morgan fingerprint density at radius 1 is 1.39 bits per heavy atom. The fourth-order valence-corrected chi connectivity index (χ4v) is 2.34. The predicted octanol–water partition coefficient (Wildman–Crippen LogP) is 1.53. The molecule has 1 aliphatic rings. The Hall–Kier alpha value is -0.610. The Bertz CT molecular complexity index is 267. The number of aliphatic hydroxyl groups excluding tert-OH is 1. The van der Waals surface area contributed by atoms with Gasteiger partial charge in [-0.25, -0.2) is 0 Å². The first kappa shape index (κ1) is 15.4. The lowest BCUT2D eigenvalue weighted by Gasteiger charge is -2.30. The summed E-state index contributed by atoms with van der Waals surface area (Å²) in [7, 11) is 0. The standard InChI is InChI=1S/C14H28N2O2/c1-4-14(2,3)15-13(18)10-16-9-7-5-6-8-12(16)11-17/h12,17H,4-11H2,1-3H3,(H,15,18). The summed E-state index contributed by atoms with van der Waals surface area (Å²) in [6, 6.07) is 0.156. The van der Waals surface area contributed by atoms with Crippen molar-refractivity contribution in [3.05, 3.63) is 0 Å². The minimum absolute atomic E-state index is 0.0715. The average Bonchev–Trinajstić information content (AvgIpc) is 2.53. The zero-order valence-corrected chi connectivity index (χ0v) is 12.0. The molecule has 1 aliphatic heterocycles. The number of carbonyl (C=O) groups is 1. The molecule has 4 nitrogen and oxygen atoms in total. The number of likely N-dealkylation sites (tertiary alicyclic amines) is 1. The smallest absolute Gasteiger partial charge is 0.234 e. The van der Waals surface area contributed by atoms with Crippen LogP contribution in [0, 0.1) is 0 Å². The van der Waals surface area contributed by atoms with E-state index in [0.29, 0.717) is 6.54 Å². The van der Waals surface area contributed by atoms with Crippen molar-refractivity contribution in [1.29, 1.82) is 0 Å². The highest BCUT2D eigenvalue weighted by molar-refractivity contribution is 5.78. The van der Waals surface area contributed by atoms with Gasteiger partial charge in [0, 0.05) is 11.6 Å². The molecule has 1 rings (SSSR count). The Kier molecular flexibility index (Phi) is 6.09. The maximum Gasteiger partial charge on any atom is 0.234 e. The van der Waals surface area contributed by atoms with Crippen LogP contribution in [0.25, 0.3) is 0 Å². The van der Waals surface area contributed by atoms with E-state index in [9.17, 15) is 9.90 Å². The van der Waals surface area contributed by atoms with Crippen molar-refractivity contribution in [2.24, 2.45) is 0 Å². The molecule has 0 aromatic rings. The largest absolute Gasteiger partial charge is 0.395 e. The SMILES string of the molecule is CCC(C)(C)NC(=O)CN1CCCCCC1CO. The van der Waals surface area contributed by atoms with Crippen molar-refractivity contribution in [3.63, 3.8) is 0 Å². The van der Waals surface area contributed by atoms with Gasteiger partial charge in [-0.15, -0.1) is 0 Å². The summed E-state index contributed by atoms with van der Waals surface area (Å²) in [6.07, 6.45) is 5.41. The fraction of sp³-hybridized carbons (Fsp3) is 0.929. The summed E-state index contributed by atoms with van der Waals surface area (Å²) in [5, 5.41) is 12.5. The topological polar surface area (TPSA) is 52.6 Å². The second kappa shape index (κ2) is 7.10. The van der Waals surface area contributed by atoms with Gasteiger partial charge in [-0.2, -0.15) is 0 Å². The molecule has 1 heterocycles. The number of nitrogens with one attached hydrogen (secondary N) is 1. The van der Waals surface area contributed by atoms with Gasteiger partial charge < -0.3 is 10.4 Å². The molecule has 0 aromatic carbocycles. The molecule has 0 saturated carbocycles. The van der Waals surface area contributed by atoms with E-state index in [0.717, 1.165) is 32.2 Å². The Labute approximate surface area is 111 Å². The van der Waals surface area contributed by atoms with Crippen LogP contribution in [0.15, 0.2) is 0 Å². The molecule has 0 aliphatic carbocycles. The second-order valence-corrected chi connectivity index (χ2v) is 5.94. The van der Waals surface area contributed by atoms with E-state index < -0.39 is 0 Å². The minimum atomic E-state index is -0.141. The Morgan fingerprint density at radius 2 is 2.11 bits per heavy atom. The third-order valence-electron chi connectivity index (χ3n) is 3.92. The van der Waals surface area contributed by atoms with E-state index >= 15 is 0 Å². The highest BCUT2D eigenvalue weighted by Crippen LogP contribution is 2.16. The number of rotatable bonds is 5. The number of carbonyl (C=O) groups excluding carboxylic acids is 1. The number of hydrogen-bond donors (Lipinski definition) is 2. The van der Waals surface area contributed by atoms with Gasteiger partial charge in [0.05, 0.1) is 13.2 Å². The average molecular weight is 256 g/mol. The summed E-state index contributed by atoms with van der Waals surface area (Å²) in [6.45, 7) is 7.64. The van der Waals surface area contributed by atoms with Crippen LogP contribution in [0.3, 0.4) is 0 Å². The summed E-state index contributed by atoms with van der Waals surface area (Å²) in [5.74, 6) is 0.0715. The lowest BCUT2D eigenvalue weighted by Crippen LogP contribution is -2.50. The first-order valence-corrected chi connectivity index (χ1v) is 7.14. The molecular weight excluding hydrogens is 228 g/mol. The van der Waals surface area contributed by atoms with Gasteiger partial charge in [0.15, 0.2) is 0 Å². The molecule has 18 heavy (non-hydrogen) atoms. The van der Waals surface area contributed by atoms with Crippen LogP contribution in [0.1, 0.15) is 52.9 Å². The van der Waals surface area contributed by atoms with Gasteiger partial charge in [0.1, 0.15) is 0 Å². The molecule has 1 amide bonds. The van der Waals surface area contributed by atoms with Crippen LogP contribution >= 0.6 is 0 Å². The van der Waals surface area contributed by atoms with Crippen molar-refractivity contribution in [2.45, 2.75) is 64.5 Å². The summed E-state index contributed by atoms with van der Waals surface area (Å²) < 4.78 is 0. The predicted molar refractivity (Wildman–Crippen MR) is 73.4 cm³/mol. The van der Waals surface area contributed by atoms with Crippen LogP contribution in [-0.4, -0.2) is 47.2 Å². The molecule has 1 saturated heterocycles. The first-order valence-electron chi connectivity index (χ1n) is 7.14. The van der Waals surface area contributed by atoms with Crippen molar-refractivity contribution in [1.82, 2.24) is 10.2 Å². The second-order valence-electron chi connectivity index (χ2n) is 5.94. The van der Waals surface area contributed by atoms with E-state index in [1.807, 2.05) is 13.8 Å². The van der Waals surface area contributed by atoms with Crippen LogP contribution in [0.2, 0.25) is 0 Å². The number of hydrogen-bond acceptors (Lipinski definition) is 3. The molecule has 106 valence electrons. The number of amides is 1. The van der Waals surface area contributed by atoms with Crippen LogP contribution in [-0.2, 0) is 4.79 Å². The Balaban J connectivity index is 2.50. The summed E-state index contributed by atoms with van der Waals surface area (Å²) in [4.78, 5) is 14.2. The van der Waals surface area contributed by atoms with E-state index in [-0.39, 0.29) is 24.1 Å². The maximum atomic E-state index is 12.0. The van der Waals surface area contributed by atoms with Gasteiger partial charge >= 0.3 is 0 Å². The van der Waals surface area contributed by atoms with E-state index in [1.54, 1.807) is 0 Å². The zero-order chi connectivity index (χ0) is 13.6. The molecule has 1 atom stereocenters. The fourth-order valence-electron chi connectivity index (χ4n) is 2.34. The van der Waals surface area contributed by atoms with Crippen molar-refractivity contribution >= 4 is 5.91 Å². The maximum absolute atomic E-state index is 12.0. The molecule has 4 heteroatoms. The highest BCUT2D eigenvalue weighted by Gasteiger charge is 2.24. The van der Waals surface area contributed by atoms with Gasteiger partial charge in [0.25, 0.3) is 0 Å². The molecular formula is C14H28N2O2. The molecule has 0 spiro atoms. The van der Waals surface area contributed by atoms with Crippen LogP contribution < -0.4 is 5.32 Å². The van der Waals surface area contributed by atoms with Gasteiger partial charge in [-0.05, 0) is 39.7 Å². The highest BCUT2D eigenvalue weighted by atomic mass is 16.3. The molecule has 0 aromatic heterocycles. The number of aliphatic hydroxyl groups is 1. The Morgan fingerprint density at radius 3 is 2.72 bits per heavy atom. The summed E-state index contributed by atoms with van der Waals surface area (Å²) >= 11 is 0. The number of nitrogens with zero attached hydrogens (tertiary/aromatic N) is 1. The zero-order valence-electron chi connectivity index (χ0n) is 12.0. The van der Waals surface area contributed by atoms with Crippen molar-refractivity contribution in [3.8, 4) is 0 Å². The molecule has 2 N–H and O–H groups in total. The quantitative estimate of drug-likeness (QED) is 0.784. The third kappa shape index (κ3) is 4.94. The minimum Gasteiger partial charge on any atom is -0.395 e. The summed E-state index contributed by atoms with van der Waals surface area (Å²) in [5.41, 5.74) is -0.141.